The Bertz CT molecular complexity index is 288. The van der Waals surface area contributed by atoms with Gasteiger partial charge in [-0.1, -0.05) is 0 Å². The maximum absolute atomic E-state index is 10.5. The van der Waals surface area contributed by atoms with Gasteiger partial charge in [-0.2, -0.15) is 0 Å². The molecule has 0 spiro atoms. The van der Waals surface area contributed by atoms with E-state index >= 15 is 0 Å². The second-order valence-corrected chi connectivity index (χ2v) is 2.17. The van der Waals surface area contributed by atoms with Crippen LogP contribution in [0.3, 0.4) is 0 Å². The van der Waals surface area contributed by atoms with Crippen molar-refractivity contribution in [2.75, 3.05) is 7.11 Å². The summed E-state index contributed by atoms with van der Waals surface area (Å²) in [6, 6.07) is 5.11. The lowest BCUT2D eigenvalue weighted by Crippen LogP contribution is -2.10. The second-order valence-electron chi connectivity index (χ2n) is 2.17. The first-order valence-corrected chi connectivity index (χ1v) is 3.60. The Morgan fingerprint density at radius 1 is 1.36 bits per heavy atom. The molecule has 0 aromatic heterocycles. The van der Waals surface area contributed by atoms with Gasteiger partial charge in [-0.05, 0) is 12.1 Å². The van der Waals surface area contributed by atoms with Crippen molar-refractivity contribution in [2.24, 2.45) is 5.73 Å². The molecule has 1 rings (SSSR count). The van der Waals surface area contributed by atoms with Crippen molar-refractivity contribution in [1.29, 1.82) is 0 Å². The van der Waals surface area contributed by atoms with Gasteiger partial charge < -0.3 is 10.8 Å². The highest BCUT2D eigenvalue weighted by molar-refractivity contribution is 5.92. The average molecular weight is 198 g/mol. The summed E-state index contributed by atoms with van der Waals surface area (Å²) in [7, 11) is 1.00. The van der Waals surface area contributed by atoms with Crippen LogP contribution in [0.4, 0.5) is 5.69 Å². The van der Waals surface area contributed by atoms with Crippen LogP contribution < -0.4 is 5.73 Å². The van der Waals surface area contributed by atoms with Gasteiger partial charge in [0.15, 0.2) is 0 Å². The van der Waals surface area contributed by atoms with Gasteiger partial charge in [0.05, 0.1) is 4.92 Å². The molecule has 0 saturated carbocycles. The van der Waals surface area contributed by atoms with Gasteiger partial charge in [-0.15, -0.1) is 0 Å². The highest BCUT2D eigenvalue weighted by Crippen LogP contribution is 2.10. The number of rotatable bonds is 2. The van der Waals surface area contributed by atoms with E-state index in [-0.39, 0.29) is 11.3 Å². The predicted octanol–water partition coefficient (Wildman–Crippen LogP) is 0.302. The van der Waals surface area contributed by atoms with Gasteiger partial charge in [0, 0.05) is 24.8 Å². The third-order valence-electron chi connectivity index (χ3n) is 1.36. The number of carbonyl (C=O) groups is 1. The third-order valence-corrected chi connectivity index (χ3v) is 1.36. The van der Waals surface area contributed by atoms with E-state index < -0.39 is 10.8 Å². The predicted molar refractivity (Wildman–Crippen MR) is 49.8 cm³/mol. The fourth-order valence-electron chi connectivity index (χ4n) is 0.747. The van der Waals surface area contributed by atoms with Crippen LogP contribution in [-0.2, 0) is 0 Å². The van der Waals surface area contributed by atoms with E-state index in [0.717, 1.165) is 7.11 Å². The van der Waals surface area contributed by atoms with Crippen LogP contribution in [0.5, 0.6) is 0 Å². The van der Waals surface area contributed by atoms with Crippen LogP contribution >= 0.6 is 0 Å². The summed E-state index contributed by atoms with van der Waals surface area (Å²) in [4.78, 5) is 20.2. The molecule has 0 saturated heterocycles. The van der Waals surface area contributed by atoms with Crippen molar-refractivity contribution in [2.45, 2.75) is 0 Å². The van der Waals surface area contributed by atoms with Crippen LogP contribution in [0, 0.1) is 10.1 Å². The first-order valence-electron chi connectivity index (χ1n) is 3.60. The topological polar surface area (TPSA) is 106 Å². The Balaban J connectivity index is 0.000000791. The zero-order chi connectivity index (χ0) is 11.1. The zero-order valence-corrected chi connectivity index (χ0v) is 7.51. The summed E-state index contributed by atoms with van der Waals surface area (Å²) < 4.78 is 0. The lowest BCUT2D eigenvalue weighted by atomic mass is 10.2. The monoisotopic (exact) mass is 198 g/mol. The SMILES string of the molecule is CO.NC(=O)c1ccc([N+](=O)[O-])cc1. The second kappa shape index (κ2) is 5.65. The largest absolute Gasteiger partial charge is 0.400 e. The molecule has 0 atom stereocenters. The molecular weight excluding hydrogens is 188 g/mol. The van der Waals surface area contributed by atoms with Crippen molar-refractivity contribution < 1.29 is 14.8 Å². The Labute approximate surface area is 80.1 Å². The smallest absolute Gasteiger partial charge is 0.269 e. The number of nitrogens with zero attached hydrogens (tertiary/aromatic N) is 1. The molecule has 0 fully saturated rings. The molecule has 0 aliphatic heterocycles. The van der Waals surface area contributed by atoms with Crippen LogP contribution in [0.1, 0.15) is 10.4 Å². The molecule has 0 bridgehead atoms. The van der Waals surface area contributed by atoms with Crippen LogP contribution in [0.25, 0.3) is 0 Å². The average Bonchev–Trinajstić information content (AvgIpc) is 2.21. The molecule has 1 aromatic rings. The van der Waals surface area contributed by atoms with Crippen molar-refractivity contribution >= 4 is 11.6 Å². The maximum atomic E-state index is 10.5. The fraction of sp³-hybridized carbons (Fsp3) is 0.125. The first kappa shape index (κ1) is 12.0. The van der Waals surface area contributed by atoms with E-state index in [1.165, 1.54) is 24.3 Å². The number of amides is 1. The molecule has 14 heavy (non-hydrogen) atoms. The molecule has 0 heterocycles. The van der Waals surface area contributed by atoms with Gasteiger partial charge in [0.2, 0.25) is 5.91 Å². The number of carbonyl (C=O) groups excluding carboxylic acids is 1. The normalized spacial score (nSPS) is 8.43. The van der Waals surface area contributed by atoms with Crippen LogP contribution in [-0.4, -0.2) is 23.0 Å². The number of nitro benzene ring substituents is 1. The van der Waals surface area contributed by atoms with E-state index in [4.69, 9.17) is 10.8 Å². The number of nitrogens with two attached hydrogens (primary N) is 1. The van der Waals surface area contributed by atoms with Gasteiger partial charge in [0.25, 0.3) is 5.69 Å². The number of hydrogen-bond donors (Lipinski definition) is 2. The van der Waals surface area contributed by atoms with E-state index in [2.05, 4.69) is 0 Å². The van der Waals surface area contributed by atoms with Gasteiger partial charge in [-0.25, -0.2) is 0 Å². The quantitative estimate of drug-likeness (QED) is 0.526. The van der Waals surface area contributed by atoms with E-state index in [9.17, 15) is 14.9 Å². The van der Waals surface area contributed by atoms with Crippen LogP contribution in [0.15, 0.2) is 24.3 Å². The fourth-order valence-corrected chi connectivity index (χ4v) is 0.747. The van der Waals surface area contributed by atoms with Crippen molar-refractivity contribution in [3.63, 3.8) is 0 Å². The minimum atomic E-state index is -0.593. The molecule has 3 N–H and O–H groups in total. The minimum absolute atomic E-state index is 0.0556. The Hall–Kier alpha value is -1.95. The van der Waals surface area contributed by atoms with Gasteiger partial charge >= 0.3 is 0 Å². The summed E-state index contributed by atoms with van der Waals surface area (Å²) in [5.41, 5.74) is 5.14. The zero-order valence-electron chi connectivity index (χ0n) is 7.51. The van der Waals surface area contributed by atoms with Crippen molar-refractivity contribution in [3.05, 3.63) is 39.9 Å². The first-order chi connectivity index (χ1) is 6.61. The van der Waals surface area contributed by atoms with Crippen molar-refractivity contribution in [3.8, 4) is 0 Å². The number of aliphatic hydroxyl groups is 1. The molecule has 76 valence electrons. The number of aliphatic hydroxyl groups excluding tert-OH is 1. The summed E-state index contributed by atoms with van der Waals surface area (Å²) in [6.07, 6.45) is 0. The number of hydrogen-bond acceptors (Lipinski definition) is 4. The number of non-ortho nitro benzene ring substituents is 1. The van der Waals surface area contributed by atoms with Gasteiger partial charge in [0.1, 0.15) is 0 Å². The molecule has 0 aliphatic carbocycles. The lowest BCUT2D eigenvalue weighted by Gasteiger charge is -1.93. The molecule has 1 amide bonds. The summed E-state index contributed by atoms with van der Waals surface area (Å²) in [6.45, 7) is 0. The lowest BCUT2D eigenvalue weighted by molar-refractivity contribution is -0.384. The number of benzene rings is 1. The summed E-state index contributed by atoms with van der Waals surface area (Å²) in [5, 5.41) is 17.2. The standard InChI is InChI=1S/C7H6N2O3.CH4O/c8-7(10)5-1-3-6(4-2-5)9(11)12;1-2/h1-4H,(H2,8,10);2H,1H3. The van der Waals surface area contributed by atoms with E-state index in [1.54, 1.807) is 0 Å². The molecule has 1 aromatic carbocycles. The van der Waals surface area contributed by atoms with Crippen molar-refractivity contribution in [1.82, 2.24) is 0 Å². The summed E-state index contributed by atoms with van der Waals surface area (Å²) >= 11 is 0. The summed E-state index contributed by atoms with van der Waals surface area (Å²) in [5.74, 6) is -0.593. The van der Waals surface area contributed by atoms with Crippen LogP contribution in [0.2, 0.25) is 0 Å². The molecular formula is C8H10N2O4. The number of nitro groups is 1. The third kappa shape index (κ3) is 3.20. The Morgan fingerprint density at radius 3 is 2.07 bits per heavy atom. The Morgan fingerprint density at radius 2 is 1.79 bits per heavy atom. The molecule has 0 radical (unpaired) electrons. The number of primary amides is 1. The van der Waals surface area contributed by atoms with E-state index in [1.807, 2.05) is 0 Å². The molecule has 6 nitrogen and oxygen atoms in total. The van der Waals surface area contributed by atoms with E-state index in [0.29, 0.717) is 0 Å². The molecule has 0 aliphatic rings. The maximum Gasteiger partial charge on any atom is 0.269 e. The minimum Gasteiger partial charge on any atom is -0.400 e. The highest BCUT2D eigenvalue weighted by Gasteiger charge is 2.05. The molecule has 6 heteroatoms. The molecule has 0 unspecified atom stereocenters. The Kier molecular flexibility index (Phi) is 4.87. The highest BCUT2D eigenvalue weighted by atomic mass is 16.6. The van der Waals surface area contributed by atoms with Gasteiger partial charge in [-0.3, -0.25) is 14.9 Å².